The van der Waals surface area contributed by atoms with Crippen LogP contribution >= 0.6 is 0 Å². The Balaban J connectivity index is 1.21. The SMILES string of the molecule is CC1=Cc2c(ccc(Nc3ccnc(Nc4cccc(C(=O)CCCN5CCOCC5)c4)n3)c2F)C1. The first-order valence-corrected chi connectivity index (χ1v) is 12.3. The first kappa shape index (κ1) is 24.1. The molecule has 0 saturated carbocycles. The van der Waals surface area contributed by atoms with Gasteiger partial charge in [-0.05, 0) is 56.1 Å². The van der Waals surface area contributed by atoms with Crippen molar-refractivity contribution in [2.45, 2.75) is 26.2 Å². The predicted molar refractivity (Wildman–Crippen MR) is 140 cm³/mol. The van der Waals surface area contributed by atoms with E-state index in [4.69, 9.17) is 4.74 Å². The van der Waals surface area contributed by atoms with Crippen molar-refractivity contribution in [2.24, 2.45) is 0 Å². The molecule has 1 aliphatic carbocycles. The number of hydrogen-bond acceptors (Lipinski definition) is 7. The van der Waals surface area contributed by atoms with Crippen LogP contribution in [0.3, 0.4) is 0 Å². The number of ketones is 1. The van der Waals surface area contributed by atoms with Gasteiger partial charge in [0.05, 0.1) is 18.9 Å². The molecular weight excluding hydrogens is 457 g/mol. The molecule has 2 N–H and O–H groups in total. The zero-order valence-corrected chi connectivity index (χ0v) is 20.4. The molecule has 5 rings (SSSR count). The van der Waals surface area contributed by atoms with Crippen molar-refractivity contribution in [2.75, 3.05) is 43.5 Å². The third-order valence-electron chi connectivity index (χ3n) is 6.47. The summed E-state index contributed by atoms with van der Waals surface area (Å²) < 4.78 is 20.4. The van der Waals surface area contributed by atoms with Gasteiger partial charge in [-0.15, -0.1) is 0 Å². The van der Waals surface area contributed by atoms with Gasteiger partial charge in [0.1, 0.15) is 5.82 Å². The monoisotopic (exact) mass is 487 g/mol. The minimum Gasteiger partial charge on any atom is -0.379 e. The Bertz CT molecular complexity index is 1290. The van der Waals surface area contributed by atoms with Gasteiger partial charge in [-0.2, -0.15) is 4.98 Å². The molecule has 0 bridgehead atoms. The van der Waals surface area contributed by atoms with Gasteiger partial charge in [0.25, 0.3) is 0 Å². The average molecular weight is 488 g/mol. The smallest absolute Gasteiger partial charge is 0.229 e. The molecule has 0 amide bonds. The Morgan fingerprint density at radius 2 is 2.00 bits per heavy atom. The lowest BCUT2D eigenvalue weighted by Gasteiger charge is -2.26. The summed E-state index contributed by atoms with van der Waals surface area (Å²) >= 11 is 0. The summed E-state index contributed by atoms with van der Waals surface area (Å²) in [7, 11) is 0. The van der Waals surface area contributed by atoms with Crippen LogP contribution in [0.15, 0.2) is 54.2 Å². The van der Waals surface area contributed by atoms with Crippen LogP contribution in [0.1, 0.15) is 41.3 Å². The Morgan fingerprint density at radius 1 is 1.14 bits per heavy atom. The Hall–Kier alpha value is -3.62. The standard InChI is InChI=1S/C28H30FN5O2/c1-19-16-20-7-8-24(27(29)23(20)17-19)32-26-9-10-30-28(33-26)31-22-5-2-4-21(18-22)25(35)6-3-11-34-12-14-36-15-13-34/h2,4-5,7-10,17-18H,3,6,11-16H2,1H3,(H2,30,31,32,33). The molecule has 1 aliphatic heterocycles. The highest BCUT2D eigenvalue weighted by Crippen LogP contribution is 2.32. The zero-order valence-electron chi connectivity index (χ0n) is 20.4. The Kier molecular flexibility index (Phi) is 7.34. The van der Waals surface area contributed by atoms with Crippen molar-refractivity contribution in [3.63, 3.8) is 0 Å². The van der Waals surface area contributed by atoms with Crippen LogP contribution in [-0.4, -0.2) is 53.5 Å². The first-order chi connectivity index (χ1) is 17.5. The lowest BCUT2D eigenvalue weighted by molar-refractivity contribution is 0.0371. The van der Waals surface area contributed by atoms with E-state index < -0.39 is 0 Å². The molecule has 0 atom stereocenters. The van der Waals surface area contributed by atoms with Crippen molar-refractivity contribution >= 4 is 35.0 Å². The summed E-state index contributed by atoms with van der Waals surface area (Å²) in [4.78, 5) is 23.8. The molecule has 1 saturated heterocycles. The van der Waals surface area contributed by atoms with E-state index in [-0.39, 0.29) is 11.6 Å². The maximum atomic E-state index is 15.0. The number of fused-ring (bicyclic) bond motifs is 1. The highest BCUT2D eigenvalue weighted by molar-refractivity contribution is 5.97. The molecule has 1 fully saturated rings. The number of ether oxygens (including phenoxy) is 1. The van der Waals surface area contributed by atoms with Gasteiger partial charge in [-0.1, -0.05) is 29.8 Å². The van der Waals surface area contributed by atoms with Gasteiger partial charge in [0.15, 0.2) is 11.6 Å². The van der Waals surface area contributed by atoms with Crippen molar-refractivity contribution in [3.05, 3.63) is 76.7 Å². The molecule has 0 radical (unpaired) electrons. The number of halogens is 1. The summed E-state index contributed by atoms with van der Waals surface area (Å²) in [5, 5.41) is 6.22. The van der Waals surface area contributed by atoms with Gasteiger partial charge in [-0.3, -0.25) is 9.69 Å². The number of anilines is 4. The van der Waals surface area contributed by atoms with Crippen LogP contribution in [0, 0.1) is 5.82 Å². The summed E-state index contributed by atoms with van der Waals surface area (Å²) in [6.45, 7) is 6.29. The third kappa shape index (κ3) is 5.78. The van der Waals surface area contributed by atoms with Gasteiger partial charge in [0, 0.05) is 42.5 Å². The van der Waals surface area contributed by atoms with Gasteiger partial charge >= 0.3 is 0 Å². The summed E-state index contributed by atoms with van der Waals surface area (Å²) in [6.07, 6.45) is 5.59. The van der Waals surface area contributed by atoms with Crippen LogP contribution in [0.2, 0.25) is 0 Å². The van der Waals surface area contributed by atoms with Crippen LogP contribution in [-0.2, 0) is 11.2 Å². The number of allylic oxidation sites excluding steroid dienone is 1. The van der Waals surface area contributed by atoms with E-state index >= 15 is 0 Å². The fraction of sp³-hybridized carbons (Fsp3) is 0.321. The van der Waals surface area contributed by atoms with Gasteiger partial charge < -0.3 is 15.4 Å². The molecule has 7 nitrogen and oxygen atoms in total. The quantitative estimate of drug-likeness (QED) is 0.394. The number of morpholine rings is 1. The van der Waals surface area contributed by atoms with Crippen LogP contribution in [0.5, 0.6) is 0 Å². The number of rotatable bonds is 9. The molecular formula is C28H30FN5O2. The number of nitrogens with one attached hydrogen (secondary N) is 2. The van der Waals surface area contributed by atoms with Crippen LogP contribution in [0.25, 0.3) is 6.08 Å². The minimum atomic E-state index is -0.280. The van der Waals surface area contributed by atoms with Crippen LogP contribution < -0.4 is 10.6 Å². The molecule has 2 heterocycles. The second-order valence-corrected chi connectivity index (χ2v) is 9.24. The fourth-order valence-corrected chi connectivity index (χ4v) is 4.60. The average Bonchev–Trinajstić information content (AvgIpc) is 3.28. The van der Waals surface area contributed by atoms with E-state index in [0.29, 0.717) is 35.0 Å². The number of hydrogen-bond donors (Lipinski definition) is 2. The van der Waals surface area contributed by atoms with Crippen LogP contribution in [0.4, 0.5) is 27.5 Å². The molecule has 186 valence electrons. The van der Waals surface area contributed by atoms with E-state index in [1.807, 2.05) is 43.3 Å². The topological polar surface area (TPSA) is 79.4 Å². The molecule has 0 unspecified atom stereocenters. The molecule has 8 heteroatoms. The molecule has 2 aliphatic rings. The fourth-order valence-electron chi connectivity index (χ4n) is 4.60. The lowest BCUT2D eigenvalue weighted by Crippen LogP contribution is -2.36. The number of carbonyl (C=O) groups is 1. The molecule has 1 aromatic heterocycles. The number of nitrogens with zero attached hydrogens (tertiary/aromatic N) is 3. The van der Waals surface area contributed by atoms with Crippen molar-refractivity contribution < 1.29 is 13.9 Å². The third-order valence-corrected chi connectivity index (χ3v) is 6.47. The summed E-state index contributed by atoms with van der Waals surface area (Å²) in [6, 6.07) is 12.7. The van der Waals surface area contributed by atoms with Gasteiger partial charge in [0.2, 0.25) is 5.95 Å². The number of aromatic nitrogens is 2. The second kappa shape index (κ2) is 11.0. The normalized spacial score (nSPS) is 15.3. The van der Waals surface area contributed by atoms with Crippen molar-refractivity contribution in [1.29, 1.82) is 0 Å². The van der Waals surface area contributed by atoms with Crippen molar-refractivity contribution in [1.82, 2.24) is 14.9 Å². The van der Waals surface area contributed by atoms with E-state index in [0.717, 1.165) is 62.5 Å². The number of benzene rings is 2. The second-order valence-electron chi connectivity index (χ2n) is 9.24. The van der Waals surface area contributed by atoms with Gasteiger partial charge in [-0.25, -0.2) is 9.37 Å². The lowest BCUT2D eigenvalue weighted by atomic mass is 10.1. The van der Waals surface area contributed by atoms with E-state index in [2.05, 4.69) is 25.5 Å². The zero-order chi connectivity index (χ0) is 24.9. The highest BCUT2D eigenvalue weighted by atomic mass is 19.1. The highest BCUT2D eigenvalue weighted by Gasteiger charge is 2.17. The Morgan fingerprint density at radius 3 is 2.86 bits per heavy atom. The Labute approximate surface area is 210 Å². The molecule has 36 heavy (non-hydrogen) atoms. The van der Waals surface area contributed by atoms with E-state index in [1.165, 1.54) is 0 Å². The number of carbonyl (C=O) groups excluding carboxylic acids is 1. The van der Waals surface area contributed by atoms with E-state index in [9.17, 15) is 9.18 Å². The van der Waals surface area contributed by atoms with E-state index in [1.54, 1.807) is 18.3 Å². The molecule has 2 aromatic carbocycles. The summed E-state index contributed by atoms with van der Waals surface area (Å²) in [5.41, 5.74) is 4.52. The number of Topliss-reactive ketones (excluding diaryl/α,β-unsaturated/α-hetero) is 1. The molecule has 3 aromatic rings. The maximum Gasteiger partial charge on any atom is 0.229 e. The summed E-state index contributed by atoms with van der Waals surface area (Å²) in [5.74, 6) is 0.659. The minimum absolute atomic E-state index is 0.111. The largest absolute Gasteiger partial charge is 0.379 e. The molecule has 0 spiro atoms. The predicted octanol–water partition coefficient (Wildman–Crippen LogP) is 5.36. The first-order valence-electron chi connectivity index (χ1n) is 12.3. The van der Waals surface area contributed by atoms with Crippen molar-refractivity contribution in [3.8, 4) is 0 Å². The maximum absolute atomic E-state index is 15.0.